The third kappa shape index (κ3) is 7.31. The number of fused-ring (bicyclic) bond motifs is 10. The van der Waals surface area contributed by atoms with Crippen molar-refractivity contribution in [2.75, 3.05) is 44.3 Å². The molecule has 2 bridgehead atoms. The summed E-state index contributed by atoms with van der Waals surface area (Å²) in [7, 11) is 0. The molecule has 4 aromatic heterocycles. The van der Waals surface area contributed by atoms with Gasteiger partial charge in [0.05, 0.1) is 57.6 Å². The van der Waals surface area contributed by atoms with E-state index in [1.807, 2.05) is 21.9 Å². The molecule has 386 valence electrons. The van der Waals surface area contributed by atoms with Gasteiger partial charge in [0.2, 0.25) is 0 Å². The van der Waals surface area contributed by atoms with Crippen molar-refractivity contribution in [3.8, 4) is 52.5 Å². The molecule has 76 heavy (non-hydrogen) atoms. The van der Waals surface area contributed by atoms with E-state index in [2.05, 4.69) is 27.4 Å². The van der Waals surface area contributed by atoms with Crippen molar-refractivity contribution in [2.45, 2.75) is 88.0 Å². The van der Waals surface area contributed by atoms with Crippen molar-refractivity contribution in [2.24, 2.45) is 0 Å². The summed E-state index contributed by atoms with van der Waals surface area (Å²) in [5, 5.41) is 23.6. The Morgan fingerprint density at radius 3 is 2.61 bits per heavy atom. The number of aromatic nitrogens is 5. The summed E-state index contributed by atoms with van der Waals surface area (Å²) in [6.45, 7) is 7.48. The summed E-state index contributed by atoms with van der Waals surface area (Å²) >= 11 is 0. The van der Waals surface area contributed by atoms with Crippen LogP contribution < -0.4 is 19.9 Å². The van der Waals surface area contributed by atoms with Crippen LogP contribution in [0.5, 0.6) is 17.5 Å². The Kier molecular flexibility index (Phi) is 11.0. The molecule has 4 saturated heterocycles. The number of pyridine rings is 3. The van der Waals surface area contributed by atoms with Crippen molar-refractivity contribution in [1.29, 1.82) is 0 Å². The highest BCUT2D eigenvalue weighted by Crippen LogP contribution is 2.44. The van der Waals surface area contributed by atoms with Gasteiger partial charge in [-0.2, -0.15) is 9.97 Å². The lowest BCUT2D eigenvalue weighted by Crippen LogP contribution is -2.56. The molecule has 5 atom stereocenters. The first-order valence-electron chi connectivity index (χ1n) is 25.4. The molecule has 7 aromatic rings. The Hall–Kier alpha value is -8.08. The van der Waals surface area contributed by atoms with E-state index in [0.717, 1.165) is 30.3 Å². The van der Waals surface area contributed by atoms with Gasteiger partial charge in [0.1, 0.15) is 60.3 Å². The number of benzene rings is 3. The van der Waals surface area contributed by atoms with Crippen molar-refractivity contribution >= 4 is 50.3 Å². The van der Waals surface area contributed by atoms with Crippen LogP contribution in [0.3, 0.4) is 0 Å². The number of carbonyl (C=O) groups is 2. The molecule has 19 heteroatoms. The molecule has 10 heterocycles. The molecule has 2 unspecified atom stereocenters. The van der Waals surface area contributed by atoms with Gasteiger partial charge >= 0.3 is 12.0 Å². The molecule has 4 fully saturated rings. The Bertz CT molecular complexity index is 3810. The van der Waals surface area contributed by atoms with Crippen LogP contribution in [-0.4, -0.2) is 120 Å². The molecule has 0 saturated carbocycles. The highest BCUT2D eigenvalue weighted by molar-refractivity contribution is 6.03. The van der Waals surface area contributed by atoms with Gasteiger partial charge in [-0.1, -0.05) is 25.5 Å². The number of terminal acetylenes is 1. The number of piperazine rings is 1. The molecule has 1 amide bonds. The van der Waals surface area contributed by atoms with E-state index in [9.17, 15) is 29.0 Å². The van der Waals surface area contributed by atoms with E-state index >= 15 is 8.78 Å². The van der Waals surface area contributed by atoms with E-state index < -0.39 is 34.9 Å². The molecule has 3 aromatic carbocycles. The highest BCUT2D eigenvalue weighted by atomic mass is 19.1. The van der Waals surface area contributed by atoms with Gasteiger partial charge in [0.25, 0.3) is 11.5 Å². The summed E-state index contributed by atoms with van der Waals surface area (Å²) in [5.74, 6) is 0.335. The van der Waals surface area contributed by atoms with Gasteiger partial charge in [0.15, 0.2) is 11.4 Å². The van der Waals surface area contributed by atoms with Crippen molar-refractivity contribution in [3.05, 3.63) is 117 Å². The zero-order valence-corrected chi connectivity index (χ0v) is 41.2. The van der Waals surface area contributed by atoms with Crippen molar-refractivity contribution in [1.82, 2.24) is 34.3 Å². The Morgan fingerprint density at radius 1 is 1.00 bits per heavy atom. The summed E-state index contributed by atoms with van der Waals surface area (Å²) in [6, 6.07) is 13.6. The minimum absolute atomic E-state index is 0.0382. The van der Waals surface area contributed by atoms with Gasteiger partial charge < -0.3 is 38.8 Å². The number of anilines is 1. The number of nitrogens with zero attached hydrogens (tertiary/aromatic N) is 8. The minimum Gasteiger partial charge on any atom is -0.508 e. The number of phenolic OH excluding ortho intramolecular Hbond substituents is 1. The van der Waals surface area contributed by atoms with E-state index in [1.165, 1.54) is 30.5 Å². The number of aromatic hydroxyl groups is 1. The zero-order valence-electron chi connectivity index (χ0n) is 41.2. The molecule has 0 radical (unpaired) electrons. The summed E-state index contributed by atoms with van der Waals surface area (Å²) < 4.78 is 66.7. The first-order valence-corrected chi connectivity index (χ1v) is 25.4. The topological polar surface area (TPSA) is 186 Å². The maximum atomic E-state index is 17.4. The lowest BCUT2D eigenvalue weighted by molar-refractivity contribution is -0.172. The number of hydrogen-bond donors (Lipinski definition) is 2. The summed E-state index contributed by atoms with van der Waals surface area (Å²) in [6.07, 6.45) is 9.50. The third-order valence-electron chi connectivity index (χ3n) is 16.5. The number of amides is 1. The average Bonchev–Trinajstić information content (AvgIpc) is 4.16. The minimum atomic E-state index is -1.93. The number of hydrogen-bond acceptors (Lipinski definition) is 14. The molecular weight excluding hydrogens is 982 g/mol. The average molecular weight is 1030 g/mol. The quantitative estimate of drug-likeness (QED) is 0.0813. The molecule has 16 nitrogen and oxygen atoms in total. The number of cyclic esters (lactones) is 1. The molecule has 0 aliphatic carbocycles. The second-order valence-electron chi connectivity index (χ2n) is 20.9. The van der Waals surface area contributed by atoms with Crippen LogP contribution in [0.1, 0.15) is 67.7 Å². The fourth-order valence-electron chi connectivity index (χ4n) is 12.8. The lowest BCUT2D eigenvalue weighted by atomic mass is 9.86. The number of rotatable bonds is 10. The number of ether oxygens (including phenoxy) is 3. The standard InChI is InChI=1S/C57H49F3N8O8/c1-4-38-43(59)11-7-30-16-36(69)18-39(46(30)38)49-47(60)50-40(21-61-49)51(64-55(63-50)76-28-56-13-6-14-66(56)23-33(58)20-56)65-24-34-8-9-35(25-65)68(34)52(70)29(3)26-74-37-10-12-44-31(17-37)15-32-22-67-45(48(32)62-44)19-42-41(53(67)71)27-75-54(72)57(42,73)5-2/h1,7,10-12,15-19,21,33-35,69,73H,3,5-6,8-9,13-14,20,22-28H2,2H3/t33-,34?,35?,56+,57+/m1/s1. The van der Waals surface area contributed by atoms with Crippen LogP contribution >= 0.6 is 0 Å². The van der Waals surface area contributed by atoms with Gasteiger partial charge in [-0.25, -0.2) is 22.9 Å². The lowest BCUT2D eigenvalue weighted by Gasteiger charge is -2.42. The molecule has 0 spiro atoms. The highest BCUT2D eigenvalue weighted by Gasteiger charge is 2.50. The normalized spacial score (nSPS) is 23.4. The van der Waals surface area contributed by atoms with Gasteiger partial charge in [-0.15, -0.1) is 6.42 Å². The number of aliphatic hydroxyl groups is 1. The Labute approximate surface area is 432 Å². The van der Waals surface area contributed by atoms with Gasteiger partial charge in [-0.3, -0.25) is 19.5 Å². The predicted molar refractivity (Wildman–Crippen MR) is 273 cm³/mol. The maximum Gasteiger partial charge on any atom is 0.343 e. The smallest absolute Gasteiger partial charge is 0.343 e. The first kappa shape index (κ1) is 47.6. The van der Waals surface area contributed by atoms with Crippen molar-refractivity contribution in [3.63, 3.8) is 0 Å². The van der Waals surface area contributed by atoms with Crippen LogP contribution in [0.25, 0.3) is 55.2 Å². The van der Waals surface area contributed by atoms with E-state index in [4.69, 9.17) is 30.6 Å². The van der Waals surface area contributed by atoms with Crippen LogP contribution in [0, 0.1) is 24.0 Å². The van der Waals surface area contributed by atoms with Gasteiger partial charge in [0, 0.05) is 65.3 Å². The fourth-order valence-corrected chi connectivity index (χ4v) is 12.8. The molecule has 2 N–H and O–H groups in total. The summed E-state index contributed by atoms with van der Waals surface area (Å²) in [5.41, 5.74) is -0.0689. The number of carbonyl (C=O) groups excluding carboxylic acids is 2. The van der Waals surface area contributed by atoms with Crippen LogP contribution in [0.15, 0.2) is 77.7 Å². The Morgan fingerprint density at radius 2 is 1.82 bits per heavy atom. The van der Waals surface area contributed by atoms with E-state index in [-0.39, 0.29) is 118 Å². The molecule has 6 aliphatic rings. The van der Waals surface area contributed by atoms with E-state index in [1.54, 1.807) is 29.7 Å². The second-order valence-corrected chi connectivity index (χ2v) is 20.9. The Balaban J connectivity index is 0.758. The zero-order chi connectivity index (χ0) is 52.5. The monoisotopic (exact) mass is 1030 g/mol. The predicted octanol–water partition coefficient (Wildman–Crippen LogP) is 6.97. The number of alkyl halides is 1. The van der Waals surface area contributed by atoms with Crippen LogP contribution in [0.2, 0.25) is 0 Å². The molecule has 6 aliphatic heterocycles. The maximum absolute atomic E-state index is 17.4. The fraction of sp³-hybridized carbons (Fsp3) is 0.351. The van der Waals surface area contributed by atoms with Crippen LogP contribution in [0.4, 0.5) is 19.0 Å². The number of esters is 1. The van der Waals surface area contributed by atoms with Gasteiger partial charge in [-0.05, 0) is 92.6 Å². The third-order valence-corrected chi connectivity index (χ3v) is 16.5. The van der Waals surface area contributed by atoms with Crippen LogP contribution in [-0.2, 0) is 33.1 Å². The SMILES string of the molecule is C#Cc1c(F)ccc2cc(O)cc(-c3ncc4c(N5CC6CCC(C5)N6C(=O)C(=C)COc5ccc6nc7c(cc6c5)Cn5c-7cc6c(c5=O)COC(=O)[C@]6(O)CC)nc(OC[C@@]56CCCN5C[C@H](F)C6)nc4c3F)c12. The van der Waals surface area contributed by atoms with E-state index in [0.29, 0.717) is 72.8 Å². The molecular formula is C57H49F3N8O8. The molecule has 13 rings (SSSR count). The summed E-state index contributed by atoms with van der Waals surface area (Å²) in [4.78, 5) is 65.5. The first-order chi connectivity index (χ1) is 36.6. The number of phenols is 1. The van der Waals surface area contributed by atoms with Crippen molar-refractivity contribution < 1.29 is 47.2 Å². The number of halogens is 3. The largest absolute Gasteiger partial charge is 0.508 e. The second kappa shape index (κ2) is 17.5.